The van der Waals surface area contributed by atoms with Crippen LogP contribution >= 0.6 is 0 Å². The van der Waals surface area contributed by atoms with Crippen LogP contribution in [0, 0.1) is 0 Å². The van der Waals surface area contributed by atoms with Gasteiger partial charge in [0.15, 0.2) is 0 Å². The van der Waals surface area contributed by atoms with Crippen molar-refractivity contribution in [2.24, 2.45) is 7.05 Å². The van der Waals surface area contributed by atoms with Crippen molar-refractivity contribution in [3.63, 3.8) is 0 Å². The maximum atomic E-state index is 5.34. The van der Waals surface area contributed by atoms with Crippen molar-refractivity contribution in [1.82, 2.24) is 15.1 Å². The van der Waals surface area contributed by atoms with Crippen molar-refractivity contribution in [3.8, 4) is 5.75 Å². The number of aromatic nitrogens is 2. The van der Waals surface area contributed by atoms with Gasteiger partial charge < -0.3 is 10.1 Å². The number of ether oxygens (including phenoxy) is 1. The van der Waals surface area contributed by atoms with E-state index in [1.165, 1.54) is 11.1 Å². The highest BCUT2D eigenvalue weighted by Gasteiger charge is 2.01. The van der Waals surface area contributed by atoms with E-state index in [2.05, 4.69) is 22.7 Å². The molecule has 0 amide bonds. The Bertz CT molecular complexity index is 508. The molecular weight excluding hydrogens is 238 g/mol. The Kier molecular flexibility index (Phi) is 4.98. The summed E-state index contributed by atoms with van der Waals surface area (Å²) in [5.41, 5.74) is 2.52. The molecule has 4 nitrogen and oxygen atoms in total. The van der Waals surface area contributed by atoms with Crippen LogP contribution in [0.5, 0.6) is 5.75 Å². The third-order valence-electron chi connectivity index (χ3n) is 3.11. The summed E-state index contributed by atoms with van der Waals surface area (Å²) in [4.78, 5) is 0. The van der Waals surface area contributed by atoms with E-state index in [0.717, 1.165) is 31.7 Å². The SMILES string of the molecule is COc1ccccc1CCNCCc1cnn(C)c1. The number of benzene rings is 1. The highest BCUT2D eigenvalue weighted by molar-refractivity contribution is 5.33. The van der Waals surface area contributed by atoms with Gasteiger partial charge in [-0.1, -0.05) is 18.2 Å². The van der Waals surface area contributed by atoms with Crippen LogP contribution in [0.3, 0.4) is 0 Å². The monoisotopic (exact) mass is 259 g/mol. The number of methoxy groups -OCH3 is 1. The molecule has 0 bridgehead atoms. The average Bonchev–Trinajstić information content (AvgIpc) is 2.84. The van der Waals surface area contributed by atoms with Crippen molar-refractivity contribution in [2.75, 3.05) is 20.2 Å². The lowest BCUT2D eigenvalue weighted by molar-refractivity contribution is 0.409. The number of hydrogen-bond donors (Lipinski definition) is 1. The molecule has 4 heteroatoms. The molecule has 102 valence electrons. The molecule has 2 aromatic rings. The van der Waals surface area contributed by atoms with E-state index in [9.17, 15) is 0 Å². The van der Waals surface area contributed by atoms with Crippen molar-refractivity contribution >= 4 is 0 Å². The van der Waals surface area contributed by atoms with Crippen molar-refractivity contribution in [2.45, 2.75) is 12.8 Å². The number of para-hydroxylation sites is 1. The molecule has 0 saturated carbocycles. The zero-order valence-electron chi connectivity index (χ0n) is 11.6. The van der Waals surface area contributed by atoms with E-state index >= 15 is 0 Å². The van der Waals surface area contributed by atoms with Gasteiger partial charge in [0.1, 0.15) is 5.75 Å². The molecule has 2 rings (SSSR count). The quantitative estimate of drug-likeness (QED) is 0.771. The molecule has 1 heterocycles. The Balaban J connectivity index is 1.69. The second-order valence-electron chi connectivity index (χ2n) is 4.58. The Labute approximate surface area is 114 Å². The molecule has 0 spiro atoms. The predicted molar refractivity (Wildman–Crippen MR) is 76.5 cm³/mol. The minimum Gasteiger partial charge on any atom is -0.496 e. The minimum absolute atomic E-state index is 0.959. The van der Waals surface area contributed by atoms with E-state index in [4.69, 9.17) is 4.74 Å². The number of aryl methyl sites for hydroxylation is 1. The molecule has 1 aromatic carbocycles. The van der Waals surface area contributed by atoms with Gasteiger partial charge >= 0.3 is 0 Å². The van der Waals surface area contributed by atoms with Gasteiger partial charge in [0, 0.05) is 13.2 Å². The molecule has 0 aliphatic rings. The first-order valence-electron chi connectivity index (χ1n) is 6.59. The van der Waals surface area contributed by atoms with Gasteiger partial charge in [-0.25, -0.2) is 0 Å². The van der Waals surface area contributed by atoms with Crippen LogP contribution in [0.25, 0.3) is 0 Å². The predicted octanol–water partition coefficient (Wildman–Crippen LogP) is 1.80. The Morgan fingerprint density at radius 3 is 2.74 bits per heavy atom. The minimum atomic E-state index is 0.959. The molecule has 1 N–H and O–H groups in total. The number of nitrogens with one attached hydrogen (secondary N) is 1. The molecule has 0 atom stereocenters. The summed E-state index contributed by atoms with van der Waals surface area (Å²) >= 11 is 0. The first kappa shape index (κ1) is 13.6. The van der Waals surface area contributed by atoms with Gasteiger partial charge in [-0.3, -0.25) is 4.68 Å². The highest BCUT2D eigenvalue weighted by atomic mass is 16.5. The summed E-state index contributed by atoms with van der Waals surface area (Å²) in [5, 5.41) is 7.61. The van der Waals surface area contributed by atoms with Gasteiger partial charge in [-0.05, 0) is 43.1 Å². The lowest BCUT2D eigenvalue weighted by Crippen LogP contribution is -2.20. The molecule has 0 aliphatic carbocycles. The van der Waals surface area contributed by atoms with Gasteiger partial charge in [0.25, 0.3) is 0 Å². The first-order valence-corrected chi connectivity index (χ1v) is 6.59. The summed E-state index contributed by atoms with van der Waals surface area (Å²) in [7, 11) is 3.66. The van der Waals surface area contributed by atoms with Gasteiger partial charge in [0.05, 0.1) is 13.3 Å². The van der Waals surface area contributed by atoms with Gasteiger partial charge in [-0.2, -0.15) is 5.10 Å². The maximum absolute atomic E-state index is 5.34. The fourth-order valence-corrected chi connectivity index (χ4v) is 2.09. The van der Waals surface area contributed by atoms with Crippen LogP contribution in [-0.4, -0.2) is 30.0 Å². The largest absolute Gasteiger partial charge is 0.496 e. The number of nitrogens with zero attached hydrogens (tertiary/aromatic N) is 2. The molecule has 0 fully saturated rings. The van der Waals surface area contributed by atoms with Gasteiger partial charge in [-0.15, -0.1) is 0 Å². The Morgan fingerprint density at radius 2 is 2.00 bits per heavy atom. The molecule has 0 unspecified atom stereocenters. The Hall–Kier alpha value is -1.81. The van der Waals surface area contributed by atoms with E-state index in [0.29, 0.717) is 0 Å². The zero-order chi connectivity index (χ0) is 13.5. The summed E-state index contributed by atoms with van der Waals surface area (Å²) in [6.45, 7) is 1.93. The molecule has 0 aliphatic heterocycles. The smallest absolute Gasteiger partial charge is 0.122 e. The van der Waals surface area contributed by atoms with E-state index in [1.54, 1.807) is 7.11 Å². The number of hydrogen-bond acceptors (Lipinski definition) is 3. The third-order valence-corrected chi connectivity index (χ3v) is 3.11. The van der Waals surface area contributed by atoms with Crippen LogP contribution in [0.2, 0.25) is 0 Å². The van der Waals surface area contributed by atoms with Crippen molar-refractivity contribution in [1.29, 1.82) is 0 Å². The van der Waals surface area contributed by atoms with Crippen LogP contribution in [0.1, 0.15) is 11.1 Å². The summed E-state index contributed by atoms with van der Waals surface area (Å²) < 4.78 is 7.17. The van der Waals surface area contributed by atoms with E-state index in [-0.39, 0.29) is 0 Å². The molecule has 0 saturated heterocycles. The van der Waals surface area contributed by atoms with Crippen LogP contribution in [0.4, 0.5) is 0 Å². The van der Waals surface area contributed by atoms with E-state index < -0.39 is 0 Å². The van der Waals surface area contributed by atoms with Gasteiger partial charge in [0.2, 0.25) is 0 Å². The first-order chi connectivity index (χ1) is 9.29. The Morgan fingerprint density at radius 1 is 1.21 bits per heavy atom. The molecule has 1 aromatic heterocycles. The van der Waals surface area contributed by atoms with Crippen LogP contribution in [0.15, 0.2) is 36.7 Å². The zero-order valence-corrected chi connectivity index (χ0v) is 11.6. The summed E-state index contributed by atoms with van der Waals surface area (Å²) in [6.07, 6.45) is 5.97. The normalized spacial score (nSPS) is 10.6. The average molecular weight is 259 g/mol. The maximum Gasteiger partial charge on any atom is 0.122 e. The second kappa shape index (κ2) is 6.95. The lowest BCUT2D eigenvalue weighted by Gasteiger charge is -2.08. The molecule has 19 heavy (non-hydrogen) atoms. The van der Waals surface area contributed by atoms with Crippen molar-refractivity contribution < 1.29 is 4.74 Å². The van der Waals surface area contributed by atoms with E-state index in [1.807, 2.05) is 36.1 Å². The molecule has 0 radical (unpaired) electrons. The fourth-order valence-electron chi connectivity index (χ4n) is 2.09. The topological polar surface area (TPSA) is 39.1 Å². The van der Waals surface area contributed by atoms with Crippen LogP contribution < -0.4 is 10.1 Å². The lowest BCUT2D eigenvalue weighted by atomic mass is 10.1. The fraction of sp³-hybridized carbons (Fsp3) is 0.400. The highest BCUT2D eigenvalue weighted by Crippen LogP contribution is 2.17. The molecular formula is C15H21N3O. The summed E-state index contributed by atoms with van der Waals surface area (Å²) in [5.74, 6) is 0.969. The number of rotatable bonds is 7. The standard InChI is InChI=1S/C15H21N3O/c1-18-12-13(11-17-18)7-9-16-10-8-14-5-3-4-6-15(14)19-2/h3-6,11-12,16H,7-10H2,1-2H3. The third kappa shape index (κ3) is 4.10. The second-order valence-corrected chi connectivity index (χ2v) is 4.58. The van der Waals surface area contributed by atoms with Crippen molar-refractivity contribution in [3.05, 3.63) is 47.8 Å². The summed E-state index contributed by atoms with van der Waals surface area (Å²) in [6, 6.07) is 8.16. The van der Waals surface area contributed by atoms with Crippen LogP contribution in [-0.2, 0) is 19.9 Å².